The molecule has 0 aromatic heterocycles. The van der Waals surface area contributed by atoms with Crippen LogP contribution in [0.5, 0.6) is 0 Å². The second-order valence-electron chi connectivity index (χ2n) is 6.55. The highest BCUT2D eigenvalue weighted by Crippen LogP contribution is 2.42. The molecule has 0 radical (unpaired) electrons. The first-order chi connectivity index (χ1) is 7.49. The molecule has 3 heteroatoms. The minimum atomic E-state index is -0.0440. The minimum Gasteiger partial charge on any atom is -0.353 e. The summed E-state index contributed by atoms with van der Waals surface area (Å²) in [6.07, 6.45) is 3.72. The van der Waals surface area contributed by atoms with E-state index in [1.807, 2.05) is 0 Å². The Hall–Kier alpha value is -0.120. The largest absolute Gasteiger partial charge is 0.353 e. The maximum Gasteiger partial charge on any atom is 0.135 e. The Morgan fingerprint density at radius 1 is 1.25 bits per heavy atom. The van der Waals surface area contributed by atoms with Gasteiger partial charge in [0.05, 0.1) is 5.60 Å². The SMILES string of the molecule is CC1CC(C)(C)OC2(CN3CCC2CC3)N1. The van der Waals surface area contributed by atoms with Crippen molar-refractivity contribution in [2.75, 3.05) is 19.6 Å². The van der Waals surface area contributed by atoms with Crippen LogP contribution < -0.4 is 5.32 Å². The Morgan fingerprint density at radius 3 is 2.44 bits per heavy atom. The molecule has 4 fully saturated rings. The summed E-state index contributed by atoms with van der Waals surface area (Å²) in [5.41, 5.74) is -0.0130. The number of hydrogen-bond donors (Lipinski definition) is 1. The Labute approximate surface area is 98.5 Å². The van der Waals surface area contributed by atoms with E-state index < -0.39 is 0 Å². The van der Waals surface area contributed by atoms with E-state index in [1.54, 1.807) is 0 Å². The summed E-state index contributed by atoms with van der Waals surface area (Å²) in [6.45, 7) is 10.4. The molecule has 4 saturated heterocycles. The van der Waals surface area contributed by atoms with Crippen LogP contribution in [0.4, 0.5) is 0 Å². The van der Waals surface area contributed by atoms with Crippen LogP contribution in [0.1, 0.15) is 40.0 Å². The lowest BCUT2D eigenvalue weighted by Gasteiger charge is -2.59. The standard InChI is InChI=1S/C13H24N2O/c1-10-8-12(2,3)16-13(14-10)9-15-6-4-11(13)5-7-15/h10-11,14H,4-9H2,1-3H3. The zero-order chi connectivity index (χ0) is 11.4. The summed E-state index contributed by atoms with van der Waals surface area (Å²) >= 11 is 0. The predicted molar refractivity (Wildman–Crippen MR) is 64.3 cm³/mol. The van der Waals surface area contributed by atoms with Gasteiger partial charge in [0.2, 0.25) is 0 Å². The first kappa shape index (κ1) is 11.0. The number of hydrogen-bond acceptors (Lipinski definition) is 3. The fourth-order valence-corrected chi connectivity index (χ4v) is 4.07. The molecule has 4 aliphatic heterocycles. The van der Waals surface area contributed by atoms with Crippen molar-refractivity contribution in [3.05, 3.63) is 0 Å². The van der Waals surface area contributed by atoms with Gasteiger partial charge in [0.1, 0.15) is 5.72 Å². The van der Waals surface area contributed by atoms with Crippen LogP contribution in [0.2, 0.25) is 0 Å². The lowest BCUT2D eigenvalue weighted by atomic mass is 9.78. The van der Waals surface area contributed by atoms with Crippen molar-refractivity contribution < 1.29 is 4.74 Å². The Balaban J connectivity index is 1.86. The van der Waals surface area contributed by atoms with Crippen LogP contribution in [-0.4, -0.2) is 41.9 Å². The van der Waals surface area contributed by atoms with Crippen molar-refractivity contribution in [1.82, 2.24) is 10.2 Å². The second kappa shape index (κ2) is 3.44. The number of nitrogens with zero attached hydrogens (tertiary/aromatic N) is 1. The van der Waals surface area contributed by atoms with Gasteiger partial charge in [0, 0.05) is 18.5 Å². The number of ether oxygens (including phenoxy) is 1. The zero-order valence-electron chi connectivity index (χ0n) is 10.8. The molecule has 3 nitrogen and oxygen atoms in total. The quantitative estimate of drug-likeness (QED) is 0.676. The van der Waals surface area contributed by atoms with Crippen LogP contribution in [0.15, 0.2) is 0 Å². The summed E-state index contributed by atoms with van der Waals surface area (Å²) in [6, 6.07) is 0.573. The third kappa shape index (κ3) is 1.69. The number of rotatable bonds is 0. The highest BCUT2D eigenvalue weighted by Gasteiger charge is 2.53. The van der Waals surface area contributed by atoms with Crippen molar-refractivity contribution in [3.8, 4) is 0 Å². The summed E-state index contributed by atoms with van der Waals surface area (Å²) in [5, 5.41) is 3.75. The van der Waals surface area contributed by atoms with Gasteiger partial charge in [-0.25, -0.2) is 0 Å². The molecular weight excluding hydrogens is 200 g/mol. The molecule has 4 rings (SSSR count). The zero-order valence-corrected chi connectivity index (χ0v) is 10.8. The maximum absolute atomic E-state index is 6.45. The Morgan fingerprint density at radius 2 is 1.94 bits per heavy atom. The molecule has 1 N–H and O–H groups in total. The summed E-state index contributed by atoms with van der Waals surface area (Å²) in [7, 11) is 0. The van der Waals surface area contributed by atoms with E-state index in [-0.39, 0.29) is 11.3 Å². The summed E-state index contributed by atoms with van der Waals surface area (Å²) in [4.78, 5) is 2.56. The van der Waals surface area contributed by atoms with Gasteiger partial charge in [0.25, 0.3) is 0 Å². The van der Waals surface area contributed by atoms with Crippen LogP contribution in [-0.2, 0) is 4.74 Å². The average molecular weight is 224 g/mol. The molecule has 16 heavy (non-hydrogen) atoms. The number of piperidine rings is 3. The van der Waals surface area contributed by atoms with Gasteiger partial charge in [-0.3, -0.25) is 10.2 Å². The highest BCUT2D eigenvalue weighted by atomic mass is 16.5. The third-order valence-electron chi connectivity index (χ3n) is 4.45. The van der Waals surface area contributed by atoms with E-state index in [2.05, 4.69) is 31.0 Å². The molecule has 0 aliphatic carbocycles. The topological polar surface area (TPSA) is 24.5 Å². The number of nitrogens with one attached hydrogen (secondary N) is 1. The van der Waals surface area contributed by atoms with Crippen LogP contribution in [0, 0.1) is 5.92 Å². The number of fused-ring (bicyclic) bond motifs is 2. The van der Waals surface area contributed by atoms with E-state index in [0.29, 0.717) is 6.04 Å². The lowest BCUT2D eigenvalue weighted by Crippen LogP contribution is -2.73. The van der Waals surface area contributed by atoms with Gasteiger partial charge < -0.3 is 4.74 Å². The average Bonchev–Trinajstić information content (AvgIpc) is 2.14. The molecule has 92 valence electrons. The molecule has 2 unspecified atom stereocenters. The van der Waals surface area contributed by atoms with E-state index >= 15 is 0 Å². The van der Waals surface area contributed by atoms with Crippen molar-refractivity contribution >= 4 is 0 Å². The van der Waals surface area contributed by atoms with Crippen molar-refractivity contribution in [3.63, 3.8) is 0 Å². The highest BCUT2D eigenvalue weighted by molar-refractivity contribution is 5.03. The first-order valence-electron chi connectivity index (χ1n) is 6.69. The monoisotopic (exact) mass is 224 g/mol. The summed E-state index contributed by atoms with van der Waals surface area (Å²) in [5.74, 6) is 0.722. The molecule has 1 spiro atoms. The van der Waals surface area contributed by atoms with Crippen LogP contribution >= 0.6 is 0 Å². The molecule has 2 bridgehead atoms. The molecule has 0 aromatic rings. The first-order valence-corrected chi connectivity index (χ1v) is 6.69. The molecule has 0 amide bonds. The summed E-state index contributed by atoms with van der Waals surface area (Å²) < 4.78 is 6.45. The molecule has 0 aromatic carbocycles. The van der Waals surface area contributed by atoms with E-state index in [0.717, 1.165) is 18.9 Å². The van der Waals surface area contributed by atoms with Gasteiger partial charge in [-0.05, 0) is 53.1 Å². The van der Waals surface area contributed by atoms with Gasteiger partial charge in [-0.15, -0.1) is 0 Å². The molecule has 4 heterocycles. The van der Waals surface area contributed by atoms with Gasteiger partial charge in [-0.1, -0.05) is 0 Å². The smallest absolute Gasteiger partial charge is 0.135 e. The minimum absolute atomic E-state index is 0.0310. The van der Waals surface area contributed by atoms with E-state index in [9.17, 15) is 0 Å². The van der Waals surface area contributed by atoms with Crippen LogP contribution in [0.25, 0.3) is 0 Å². The molecule has 2 atom stereocenters. The lowest BCUT2D eigenvalue weighted by molar-refractivity contribution is -0.254. The molecular formula is C13H24N2O. The fourth-order valence-electron chi connectivity index (χ4n) is 4.07. The maximum atomic E-state index is 6.45. The van der Waals surface area contributed by atoms with Crippen molar-refractivity contribution in [1.29, 1.82) is 0 Å². The van der Waals surface area contributed by atoms with Gasteiger partial charge >= 0.3 is 0 Å². The Bertz CT molecular complexity index is 280. The van der Waals surface area contributed by atoms with Gasteiger partial charge in [0.15, 0.2) is 0 Å². The molecule has 4 aliphatic rings. The Kier molecular flexibility index (Phi) is 2.36. The van der Waals surface area contributed by atoms with E-state index in [4.69, 9.17) is 4.74 Å². The van der Waals surface area contributed by atoms with Crippen molar-refractivity contribution in [2.45, 2.75) is 57.4 Å². The van der Waals surface area contributed by atoms with Gasteiger partial charge in [-0.2, -0.15) is 0 Å². The second-order valence-corrected chi connectivity index (χ2v) is 6.55. The van der Waals surface area contributed by atoms with Crippen LogP contribution in [0.3, 0.4) is 0 Å². The normalized spacial score (nSPS) is 50.8. The molecule has 0 saturated carbocycles. The predicted octanol–water partition coefficient (Wildman–Crippen LogP) is 1.59. The third-order valence-corrected chi connectivity index (χ3v) is 4.45. The van der Waals surface area contributed by atoms with Crippen molar-refractivity contribution in [2.24, 2.45) is 5.92 Å². The fraction of sp³-hybridized carbons (Fsp3) is 1.00. The van der Waals surface area contributed by atoms with E-state index in [1.165, 1.54) is 25.9 Å².